The summed E-state index contributed by atoms with van der Waals surface area (Å²) in [7, 11) is 0. The first-order valence-electron chi connectivity index (χ1n) is 5.39. The molecule has 0 saturated heterocycles. The van der Waals surface area contributed by atoms with Gasteiger partial charge in [0.25, 0.3) is 0 Å². The maximum absolute atomic E-state index is 13.0. The molecule has 0 aliphatic carbocycles. The quantitative estimate of drug-likeness (QED) is 0.878. The van der Waals surface area contributed by atoms with Crippen LogP contribution in [0.3, 0.4) is 0 Å². The third-order valence-electron chi connectivity index (χ3n) is 2.43. The standard InChI is InChI=1S/C12H15FN4/c1-12(2,14)11-8-17(16-15-11)7-9-4-3-5-10(13)6-9/h3-6,8H,7,14H2,1-2H3. The Hall–Kier alpha value is -1.75. The largest absolute Gasteiger partial charge is 0.320 e. The van der Waals surface area contributed by atoms with Crippen LogP contribution in [0.25, 0.3) is 0 Å². The second-order valence-corrected chi connectivity index (χ2v) is 4.65. The summed E-state index contributed by atoms with van der Waals surface area (Å²) in [5.41, 5.74) is 6.96. The molecule has 1 heterocycles. The Bertz CT molecular complexity index is 513. The van der Waals surface area contributed by atoms with E-state index in [0.717, 1.165) is 5.56 Å². The first-order valence-corrected chi connectivity index (χ1v) is 5.39. The number of hydrogen-bond donors (Lipinski definition) is 1. The topological polar surface area (TPSA) is 56.7 Å². The zero-order valence-electron chi connectivity index (χ0n) is 9.89. The van der Waals surface area contributed by atoms with Crippen LogP contribution in [0.5, 0.6) is 0 Å². The summed E-state index contributed by atoms with van der Waals surface area (Å²) in [5.74, 6) is -0.248. The average Bonchev–Trinajstić information content (AvgIpc) is 2.65. The van der Waals surface area contributed by atoms with Gasteiger partial charge < -0.3 is 5.73 Å². The molecule has 0 aliphatic heterocycles. The van der Waals surface area contributed by atoms with Crippen LogP contribution in [0.4, 0.5) is 4.39 Å². The molecule has 0 unspecified atom stereocenters. The van der Waals surface area contributed by atoms with Crippen molar-refractivity contribution in [3.05, 3.63) is 47.5 Å². The van der Waals surface area contributed by atoms with Crippen LogP contribution < -0.4 is 5.73 Å². The van der Waals surface area contributed by atoms with Crippen molar-refractivity contribution in [2.45, 2.75) is 25.9 Å². The zero-order valence-corrected chi connectivity index (χ0v) is 9.89. The van der Waals surface area contributed by atoms with Crippen molar-refractivity contribution >= 4 is 0 Å². The van der Waals surface area contributed by atoms with Crippen molar-refractivity contribution in [3.63, 3.8) is 0 Å². The van der Waals surface area contributed by atoms with E-state index < -0.39 is 5.54 Å². The molecule has 0 amide bonds. The fourth-order valence-electron chi connectivity index (χ4n) is 1.49. The number of aromatic nitrogens is 3. The van der Waals surface area contributed by atoms with Crippen LogP contribution >= 0.6 is 0 Å². The van der Waals surface area contributed by atoms with Gasteiger partial charge in [-0.3, -0.25) is 0 Å². The Balaban J connectivity index is 2.17. The Morgan fingerprint density at radius 2 is 2.18 bits per heavy atom. The minimum absolute atomic E-state index is 0.248. The highest BCUT2D eigenvalue weighted by Gasteiger charge is 2.18. The molecule has 0 radical (unpaired) electrons. The molecule has 2 N–H and O–H groups in total. The molecule has 2 aromatic rings. The van der Waals surface area contributed by atoms with Gasteiger partial charge in [0.05, 0.1) is 18.3 Å². The van der Waals surface area contributed by atoms with Crippen molar-refractivity contribution in [1.29, 1.82) is 0 Å². The van der Waals surface area contributed by atoms with Gasteiger partial charge in [0, 0.05) is 0 Å². The molecule has 1 aromatic heterocycles. The molecule has 0 fully saturated rings. The number of nitrogens with two attached hydrogens (primary N) is 1. The van der Waals surface area contributed by atoms with E-state index in [0.29, 0.717) is 12.2 Å². The highest BCUT2D eigenvalue weighted by molar-refractivity contribution is 5.17. The highest BCUT2D eigenvalue weighted by Crippen LogP contribution is 2.13. The lowest BCUT2D eigenvalue weighted by Crippen LogP contribution is -2.29. The first-order chi connectivity index (χ1) is 7.95. The number of hydrogen-bond acceptors (Lipinski definition) is 3. The summed E-state index contributed by atoms with van der Waals surface area (Å²) in [6.07, 6.45) is 1.78. The van der Waals surface area contributed by atoms with Crippen LogP contribution in [-0.4, -0.2) is 15.0 Å². The Morgan fingerprint density at radius 1 is 1.41 bits per heavy atom. The fourth-order valence-corrected chi connectivity index (χ4v) is 1.49. The van der Waals surface area contributed by atoms with Gasteiger partial charge in [-0.05, 0) is 31.5 Å². The normalized spacial score (nSPS) is 11.8. The molecule has 2 rings (SSSR count). The SMILES string of the molecule is CC(C)(N)c1cn(Cc2cccc(F)c2)nn1. The van der Waals surface area contributed by atoms with Gasteiger partial charge in [0.1, 0.15) is 11.5 Å². The van der Waals surface area contributed by atoms with Crippen molar-refractivity contribution < 1.29 is 4.39 Å². The summed E-state index contributed by atoms with van der Waals surface area (Å²) in [6.45, 7) is 4.22. The summed E-state index contributed by atoms with van der Waals surface area (Å²) in [6, 6.07) is 6.42. The van der Waals surface area contributed by atoms with Gasteiger partial charge in [-0.25, -0.2) is 9.07 Å². The lowest BCUT2D eigenvalue weighted by molar-refractivity contribution is 0.533. The minimum Gasteiger partial charge on any atom is -0.320 e. The summed E-state index contributed by atoms with van der Waals surface area (Å²) in [5, 5.41) is 7.97. The minimum atomic E-state index is -0.514. The molecule has 0 aliphatic rings. The third-order valence-corrected chi connectivity index (χ3v) is 2.43. The molecule has 0 spiro atoms. The average molecular weight is 234 g/mol. The van der Waals surface area contributed by atoms with Crippen LogP contribution in [-0.2, 0) is 12.1 Å². The second-order valence-electron chi connectivity index (χ2n) is 4.65. The molecule has 1 aromatic carbocycles. The molecule has 0 atom stereocenters. The molecule has 4 nitrogen and oxygen atoms in total. The van der Waals surface area contributed by atoms with Crippen LogP contribution in [0.15, 0.2) is 30.5 Å². The first kappa shape index (κ1) is 11.7. The van der Waals surface area contributed by atoms with Crippen LogP contribution in [0.1, 0.15) is 25.1 Å². The van der Waals surface area contributed by atoms with E-state index in [2.05, 4.69) is 10.3 Å². The summed E-state index contributed by atoms with van der Waals surface area (Å²) < 4.78 is 14.7. The van der Waals surface area contributed by atoms with Gasteiger partial charge >= 0.3 is 0 Å². The van der Waals surface area contributed by atoms with Gasteiger partial charge in [-0.1, -0.05) is 17.3 Å². The fraction of sp³-hybridized carbons (Fsp3) is 0.333. The molecule has 5 heteroatoms. The van der Waals surface area contributed by atoms with Crippen molar-refractivity contribution in [2.75, 3.05) is 0 Å². The molecular weight excluding hydrogens is 219 g/mol. The van der Waals surface area contributed by atoms with E-state index >= 15 is 0 Å². The number of nitrogens with zero attached hydrogens (tertiary/aromatic N) is 3. The number of halogens is 1. The molecule has 0 bridgehead atoms. The van der Waals surface area contributed by atoms with E-state index in [1.807, 2.05) is 19.9 Å². The lowest BCUT2D eigenvalue weighted by atomic mass is 10.0. The second kappa shape index (κ2) is 4.25. The maximum Gasteiger partial charge on any atom is 0.123 e. The monoisotopic (exact) mass is 234 g/mol. The van der Waals surface area contributed by atoms with Crippen LogP contribution in [0.2, 0.25) is 0 Å². The third kappa shape index (κ3) is 2.88. The van der Waals surface area contributed by atoms with Crippen LogP contribution in [0, 0.1) is 5.82 Å². The van der Waals surface area contributed by atoms with Crippen molar-refractivity contribution in [3.8, 4) is 0 Å². The number of rotatable bonds is 3. The van der Waals surface area contributed by atoms with Gasteiger partial charge in [0.15, 0.2) is 0 Å². The van der Waals surface area contributed by atoms with Gasteiger partial charge in [-0.15, -0.1) is 5.10 Å². The Kier molecular flexibility index (Phi) is 2.93. The molecular formula is C12H15FN4. The Morgan fingerprint density at radius 3 is 2.76 bits per heavy atom. The lowest BCUT2D eigenvalue weighted by Gasteiger charge is -2.13. The van der Waals surface area contributed by atoms with E-state index in [1.54, 1.807) is 16.9 Å². The van der Waals surface area contributed by atoms with Crippen molar-refractivity contribution in [2.24, 2.45) is 5.73 Å². The maximum atomic E-state index is 13.0. The van der Waals surface area contributed by atoms with E-state index in [-0.39, 0.29) is 5.82 Å². The predicted molar refractivity (Wildman–Crippen MR) is 62.7 cm³/mol. The summed E-state index contributed by atoms with van der Waals surface area (Å²) >= 11 is 0. The molecule has 90 valence electrons. The van der Waals surface area contributed by atoms with Gasteiger partial charge in [-0.2, -0.15) is 0 Å². The highest BCUT2D eigenvalue weighted by atomic mass is 19.1. The predicted octanol–water partition coefficient (Wildman–Crippen LogP) is 1.66. The Labute approximate surface area is 99.2 Å². The van der Waals surface area contributed by atoms with Gasteiger partial charge in [0.2, 0.25) is 0 Å². The zero-order chi connectivity index (χ0) is 12.5. The van der Waals surface area contributed by atoms with E-state index in [1.165, 1.54) is 12.1 Å². The molecule has 0 saturated carbocycles. The van der Waals surface area contributed by atoms with Crippen molar-refractivity contribution in [1.82, 2.24) is 15.0 Å². The van der Waals surface area contributed by atoms with E-state index in [4.69, 9.17) is 5.73 Å². The number of benzene rings is 1. The smallest absolute Gasteiger partial charge is 0.123 e. The van der Waals surface area contributed by atoms with E-state index in [9.17, 15) is 4.39 Å². The summed E-state index contributed by atoms with van der Waals surface area (Å²) in [4.78, 5) is 0. The molecule has 17 heavy (non-hydrogen) atoms.